The van der Waals surface area contributed by atoms with Crippen molar-refractivity contribution in [1.29, 1.82) is 0 Å². The Morgan fingerprint density at radius 1 is 1.44 bits per heavy atom. The summed E-state index contributed by atoms with van der Waals surface area (Å²) in [7, 11) is 2.82. The summed E-state index contributed by atoms with van der Waals surface area (Å²) in [6, 6.07) is 5.04. The first-order valence-corrected chi connectivity index (χ1v) is 4.77. The average Bonchev–Trinajstić information content (AvgIpc) is 2.31. The largest absolute Gasteiger partial charge is 0.504 e. The molecule has 0 aromatic heterocycles. The molecule has 4 heteroatoms. The van der Waals surface area contributed by atoms with E-state index in [0.717, 1.165) is 5.56 Å². The molecule has 0 heterocycles. The normalized spacial score (nSPS) is 10.4. The van der Waals surface area contributed by atoms with E-state index < -0.39 is 0 Å². The van der Waals surface area contributed by atoms with Crippen LogP contribution in [0.25, 0.3) is 0 Å². The zero-order valence-electron chi connectivity index (χ0n) is 9.27. The highest BCUT2D eigenvalue weighted by molar-refractivity contribution is 5.81. The van der Waals surface area contributed by atoms with Gasteiger partial charge in [-0.1, -0.05) is 12.1 Å². The summed E-state index contributed by atoms with van der Waals surface area (Å²) in [5.41, 5.74) is 0.940. The van der Waals surface area contributed by atoms with Crippen LogP contribution in [-0.2, 0) is 16.0 Å². The Hall–Kier alpha value is -1.97. The Morgan fingerprint density at radius 2 is 2.19 bits per heavy atom. The van der Waals surface area contributed by atoms with Crippen molar-refractivity contribution >= 4 is 5.97 Å². The molecule has 0 radical (unpaired) electrons. The van der Waals surface area contributed by atoms with Gasteiger partial charge in [-0.05, 0) is 24.1 Å². The van der Waals surface area contributed by atoms with E-state index in [1.807, 2.05) is 0 Å². The number of allylic oxidation sites excluding steroid dienone is 1. The minimum Gasteiger partial charge on any atom is -0.504 e. The Bertz CT molecular complexity index is 396. The highest BCUT2D eigenvalue weighted by atomic mass is 16.5. The summed E-state index contributed by atoms with van der Waals surface area (Å²) in [6.07, 6.45) is 3.63. The fraction of sp³-hybridized carbons (Fsp3) is 0.250. The maximum atomic E-state index is 10.8. The van der Waals surface area contributed by atoms with Crippen molar-refractivity contribution in [3.05, 3.63) is 35.9 Å². The van der Waals surface area contributed by atoms with Crippen molar-refractivity contribution in [3.63, 3.8) is 0 Å². The molecule has 0 spiro atoms. The maximum Gasteiger partial charge on any atom is 0.330 e. The molecule has 0 aliphatic carbocycles. The predicted molar refractivity (Wildman–Crippen MR) is 59.5 cm³/mol. The van der Waals surface area contributed by atoms with Crippen LogP contribution >= 0.6 is 0 Å². The summed E-state index contributed by atoms with van der Waals surface area (Å²) in [6.45, 7) is 0. The van der Waals surface area contributed by atoms with Crippen molar-refractivity contribution in [1.82, 2.24) is 0 Å². The standard InChI is InChI=1S/C12H14O4/c1-15-11-8-9(6-7-10(11)13)4-3-5-12(14)16-2/h3,5-8,13H,4H2,1-2H3. The van der Waals surface area contributed by atoms with Crippen LogP contribution in [-0.4, -0.2) is 25.3 Å². The minimum absolute atomic E-state index is 0.100. The number of carbonyl (C=O) groups excluding carboxylic acids is 1. The quantitative estimate of drug-likeness (QED) is 0.622. The van der Waals surface area contributed by atoms with E-state index in [9.17, 15) is 9.90 Å². The smallest absolute Gasteiger partial charge is 0.330 e. The number of esters is 1. The number of phenolic OH excluding ortho intramolecular Hbond substituents is 1. The third kappa shape index (κ3) is 3.31. The zero-order valence-corrected chi connectivity index (χ0v) is 9.27. The fourth-order valence-corrected chi connectivity index (χ4v) is 1.21. The van der Waals surface area contributed by atoms with E-state index in [1.54, 1.807) is 24.3 Å². The first-order valence-electron chi connectivity index (χ1n) is 4.77. The van der Waals surface area contributed by atoms with E-state index >= 15 is 0 Å². The van der Waals surface area contributed by atoms with Gasteiger partial charge in [-0.3, -0.25) is 0 Å². The van der Waals surface area contributed by atoms with Crippen LogP contribution in [0.5, 0.6) is 11.5 Å². The fourth-order valence-electron chi connectivity index (χ4n) is 1.21. The van der Waals surface area contributed by atoms with Crippen LogP contribution in [0, 0.1) is 0 Å². The molecule has 1 aromatic rings. The average molecular weight is 222 g/mol. The van der Waals surface area contributed by atoms with Crippen molar-refractivity contribution in [2.75, 3.05) is 14.2 Å². The van der Waals surface area contributed by atoms with E-state index in [1.165, 1.54) is 20.3 Å². The van der Waals surface area contributed by atoms with E-state index in [-0.39, 0.29) is 11.7 Å². The third-order valence-corrected chi connectivity index (χ3v) is 2.05. The summed E-state index contributed by atoms with van der Waals surface area (Å²) in [5.74, 6) is 0.137. The van der Waals surface area contributed by atoms with Crippen LogP contribution in [0.2, 0.25) is 0 Å². The highest BCUT2D eigenvalue weighted by Crippen LogP contribution is 2.26. The van der Waals surface area contributed by atoms with Gasteiger partial charge in [-0.2, -0.15) is 0 Å². The van der Waals surface area contributed by atoms with Gasteiger partial charge in [0.05, 0.1) is 14.2 Å². The summed E-state index contributed by atoms with van der Waals surface area (Å²) in [5, 5.41) is 9.37. The molecule has 0 saturated heterocycles. The number of ether oxygens (including phenoxy) is 2. The van der Waals surface area contributed by atoms with Gasteiger partial charge in [0.1, 0.15) is 0 Å². The molecule has 0 amide bonds. The number of hydrogen-bond donors (Lipinski definition) is 1. The van der Waals surface area contributed by atoms with Gasteiger partial charge in [0.25, 0.3) is 0 Å². The molecular weight excluding hydrogens is 208 g/mol. The first-order chi connectivity index (χ1) is 7.67. The number of phenols is 1. The molecule has 0 atom stereocenters. The molecule has 0 aliphatic heterocycles. The Kier molecular flexibility index (Phi) is 4.39. The molecule has 1 N–H and O–H groups in total. The Morgan fingerprint density at radius 3 is 2.81 bits per heavy atom. The van der Waals surface area contributed by atoms with Crippen molar-refractivity contribution in [2.45, 2.75) is 6.42 Å². The molecular formula is C12H14O4. The molecule has 1 aromatic carbocycles. The summed E-state index contributed by atoms with van der Waals surface area (Å²) in [4.78, 5) is 10.8. The lowest BCUT2D eigenvalue weighted by molar-refractivity contribution is -0.134. The number of aromatic hydroxyl groups is 1. The van der Waals surface area contributed by atoms with Crippen LogP contribution in [0.4, 0.5) is 0 Å². The van der Waals surface area contributed by atoms with Crippen LogP contribution in [0.1, 0.15) is 5.56 Å². The summed E-state index contributed by atoms with van der Waals surface area (Å²) >= 11 is 0. The minimum atomic E-state index is -0.384. The van der Waals surface area contributed by atoms with Gasteiger partial charge in [0.15, 0.2) is 11.5 Å². The topological polar surface area (TPSA) is 55.8 Å². The monoisotopic (exact) mass is 222 g/mol. The van der Waals surface area contributed by atoms with Crippen LogP contribution < -0.4 is 4.74 Å². The lowest BCUT2D eigenvalue weighted by atomic mass is 10.1. The van der Waals surface area contributed by atoms with E-state index in [0.29, 0.717) is 12.2 Å². The Balaban J connectivity index is 2.68. The number of benzene rings is 1. The molecule has 0 fully saturated rings. The molecule has 4 nitrogen and oxygen atoms in total. The van der Waals surface area contributed by atoms with Crippen LogP contribution in [0.15, 0.2) is 30.4 Å². The van der Waals surface area contributed by atoms with Gasteiger partial charge < -0.3 is 14.6 Å². The SMILES string of the molecule is COC(=O)C=CCc1ccc(O)c(OC)c1. The van der Waals surface area contributed by atoms with E-state index in [2.05, 4.69) is 4.74 Å². The second kappa shape index (κ2) is 5.80. The van der Waals surface area contributed by atoms with Crippen molar-refractivity contribution in [3.8, 4) is 11.5 Å². The lowest BCUT2D eigenvalue weighted by Gasteiger charge is -2.04. The summed E-state index contributed by atoms with van der Waals surface area (Å²) < 4.78 is 9.43. The maximum absolute atomic E-state index is 10.8. The number of carbonyl (C=O) groups is 1. The van der Waals surface area contributed by atoms with Crippen molar-refractivity contribution in [2.24, 2.45) is 0 Å². The molecule has 0 unspecified atom stereocenters. The van der Waals surface area contributed by atoms with Gasteiger partial charge in [0.2, 0.25) is 0 Å². The molecule has 0 aliphatic rings. The Labute approximate surface area is 94.1 Å². The van der Waals surface area contributed by atoms with Crippen LogP contribution in [0.3, 0.4) is 0 Å². The number of rotatable bonds is 4. The molecule has 86 valence electrons. The molecule has 0 saturated carbocycles. The van der Waals surface area contributed by atoms with E-state index in [4.69, 9.17) is 4.74 Å². The van der Waals surface area contributed by atoms with Crippen molar-refractivity contribution < 1.29 is 19.4 Å². The molecule has 0 bridgehead atoms. The lowest BCUT2D eigenvalue weighted by Crippen LogP contribution is -1.94. The van der Waals surface area contributed by atoms with Gasteiger partial charge in [0, 0.05) is 6.08 Å². The second-order valence-corrected chi connectivity index (χ2v) is 3.14. The third-order valence-electron chi connectivity index (χ3n) is 2.05. The number of hydrogen-bond acceptors (Lipinski definition) is 4. The zero-order chi connectivity index (χ0) is 12.0. The first kappa shape index (κ1) is 12.1. The second-order valence-electron chi connectivity index (χ2n) is 3.14. The van der Waals surface area contributed by atoms with Gasteiger partial charge in [-0.15, -0.1) is 0 Å². The molecule has 1 rings (SSSR count). The number of methoxy groups -OCH3 is 2. The molecule has 16 heavy (non-hydrogen) atoms. The van der Waals surface area contributed by atoms with Gasteiger partial charge in [-0.25, -0.2) is 4.79 Å². The predicted octanol–water partition coefficient (Wildman–Crippen LogP) is 1.67. The highest BCUT2D eigenvalue weighted by Gasteiger charge is 2.01. The van der Waals surface area contributed by atoms with Gasteiger partial charge >= 0.3 is 5.97 Å².